The highest BCUT2D eigenvalue weighted by molar-refractivity contribution is 5.84. The fraction of sp³-hybridized carbons (Fsp3) is 0.667. The molecule has 2 aliphatic heterocycles. The van der Waals surface area contributed by atoms with Crippen LogP contribution in [-0.4, -0.2) is 79.9 Å². The van der Waals surface area contributed by atoms with Crippen LogP contribution in [0, 0.1) is 0 Å². The number of aromatic nitrogens is 4. The van der Waals surface area contributed by atoms with Gasteiger partial charge in [-0.25, -0.2) is 4.98 Å². The highest BCUT2D eigenvalue weighted by Crippen LogP contribution is 2.28. The molecule has 10 heteroatoms. The molecule has 166 valence electrons. The van der Waals surface area contributed by atoms with Gasteiger partial charge in [0.15, 0.2) is 17.0 Å². The summed E-state index contributed by atoms with van der Waals surface area (Å²) in [5.74, 6) is 1.83. The first kappa shape index (κ1) is 20.0. The molecule has 10 nitrogen and oxygen atoms in total. The van der Waals surface area contributed by atoms with Crippen molar-refractivity contribution in [1.82, 2.24) is 29.3 Å². The lowest BCUT2D eigenvalue weighted by Gasteiger charge is -2.16. The number of rotatable bonds is 10. The van der Waals surface area contributed by atoms with E-state index in [0.29, 0.717) is 44.5 Å². The predicted octanol–water partition coefficient (Wildman–Crippen LogP) is 1.45. The van der Waals surface area contributed by atoms with Gasteiger partial charge in [-0.05, 0) is 32.1 Å². The zero-order valence-electron chi connectivity index (χ0n) is 17.8. The Kier molecular flexibility index (Phi) is 5.61. The third-order valence-corrected chi connectivity index (χ3v) is 6.22. The Balaban J connectivity index is 1.27. The van der Waals surface area contributed by atoms with E-state index in [1.807, 2.05) is 14.4 Å². The molecule has 0 atom stereocenters. The Morgan fingerprint density at radius 1 is 0.968 bits per heavy atom. The lowest BCUT2D eigenvalue weighted by molar-refractivity contribution is -0.128. The normalized spacial score (nSPS) is 19.1. The molecule has 3 aliphatic rings. The fourth-order valence-corrected chi connectivity index (χ4v) is 4.29. The summed E-state index contributed by atoms with van der Waals surface area (Å²) >= 11 is 0. The van der Waals surface area contributed by atoms with Gasteiger partial charge < -0.3 is 25.0 Å². The minimum Gasteiger partial charge on any atom is -0.365 e. The molecule has 1 aliphatic carbocycles. The summed E-state index contributed by atoms with van der Waals surface area (Å²) in [6.07, 6.45) is 8.19. The van der Waals surface area contributed by atoms with Gasteiger partial charge in [0.2, 0.25) is 17.8 Å². The van der Waals surface area contributed by atoms with E-state index in [1.54, 1.807) is 6.33 Å². The molecule has 2 aromatic heterocycles. The van der Waals surface area contributed by atoms with Crippen molar-refractivity contribution >= 4 is 34.7 Å². The summed E-state index contributed by atoms with van der Waals surface area (Å²) in [6, 6.07) is 0.458. The Bertz CT molecular complexity index is 970. The van der Waals surface area contributed by atoms with Crippen molar-refractivity contribution in [3.8, 4) is 0 Å². The number of nitrogens with zero attached hydrogens (tertiary/aromatic N) is 6. The van der Waals surface area contributed by atoms with E-state index in [9.17, 15) is 9.59 Å². The first-order chi connectivity index (χ1) is 15.2. The van der Waals surface area contributed by atoms with Crippen LogP contribution >= 0.6 is 0 Å². The number of amides is 2. The van der Waals surface area contributed by atoms with Crippen LogP contribution in [0.2, 0.25) is 0 Å². The summed E-state index contributed by atoms with van der Waals surface area (Å²) in [5, 5.41) is 6.80. The van der Waals surface area contributed by atoms with E-state index in [0.717, 1.165) is 68.7 Å². The molecule has 0 spiro atoms. The average molecular weight is 427 g/mol. The van der Waals surface area contributed by atoms with E-state index in [2.05, 4.69) is 20.6 Å². The summed E-state index contributed by atoms with van der Waals surface area (Å²) in [4.78, 5) is 41.5. The number of carbonyl (C=O) groups excluding carboxylic acids is 2. The van der Waals surface area contributed by atoms with Gasteiger partial charge in [0.1, 0.15) is 0 Å². The Morgan fingerprint density at radius 2 is 1.71 bits per heavy atom. The van der Waals surface area contributed by atoms with Crippen molar-refractivity contribution in [1.29, 1.82) is 0 Å². The lowest BCUT2D eigenvalue weighted by Crippen LogP contribution is -2.28. The van der Waals surface area contributed by atoms with Crippen LogP contribution in [0.1, 0.15) is 44.9 Å². The topological polar surface area (TPSA) is 108 Å². The molecular weight excluding hydrogens is 396 g/mol. The quantitative estimate of drug-likeness (QED) is 0.554. The summed E-state index contributed by atoms with van der Waals surface area (Å²) in [6.45, 7) is 4.51. The molecule has 0 aromatic carbocycles. The molecule has 2 saturated heterocycles. The maximum absolute atomic E-state index is 11.9. The SMILES string of the molecule is O=C1CCCN1CCCNc1nc(NC2CC2)c2ncn(CCN3CCCC3=O)c2n1. The molecule has 0 radical (unpaired) electrons. The van der Waals surface area contributed by atoms with Gasteiger partial charge in [0, 0.05) is 58.2 Å². The van der Waals surface area contributed by atoms with Crippen LogP contribution in [0.3, 0.4) is 0 Å². The molecule has 5 rings (SSSR count). The molecule has 1 saturated carbocycles. The van der Waals surface area contributed by atoms with Crippen molar-refractivity contribution < 1.29 is 9.59 Å². The van der Waals surface area contributed by atoms with Crippen LogP contribution in [0.4, 0.5) is 11.8 Å². The number of hydrogen-bond donors (Lipinski definition) is 2. The minimum absolute atomic E-state index is 0.231. The molecular formula is C21H30N8O2. The lowest BCUT2D eigenvalue weighted by atomic mass is 10.4. The van der Waals surface area contributed by atoms with E-state index >= 15 is 0 Å². The molecule has 0 unspecified atom stereocenters. The molecule has 2 amide bonds. The smallest absolute Gasteiger partial charge is 0.226 e. The van der Waals surface area contributed by atoms with Crippen LogP contribution in [0.25, 0.3) is 11.2 Å². The number of nitrogens with one attached hydrogen (secondary N) is 2. The number of likely N-dealkylation sites (tertiary alicyclic amines) is 2. The first-order valence-corrected chi connectivity index (χ1v) is 11.5. The van der Waals surface area contributed by atoms with Gasteiger partial charge in [-0.1, -0.05) is 0 Å². The monoisotopic (exact) mass is 426 g/mol. The van der Waals surface area contributed by atoms with Gasteiger partial charge in [-0.3, -0.25) is 9.59 Å². The molecule has 4 heterocycles. The van der Waals surface area contributed by atoms with E-state index in [4.69, 9.17) is 4.98 Å². The second-order valence-electron chi connectivity index (χ2n) is 8.67. The summed E-state index contributed by atoms with van der Waals surface area (Å²) in [7, 11) is 0. The molecule has 2 N–H and O–H groups in total. The molecule has 3 fully saturated rings. The van der Waals surface area contributed by atoms with Crippen LogP contribution in [0.15, 0.2) is 6.33 Å². The standard InChI is InChI=1S/C21H30N8O2/c30-16-4-1-9-27(16)11-3-8-22-21-25-19(24-15-6-7-15)18-20(26-21)29(14-23-18)13-12-28-10-2-5-17(28)31/h14-15H,1-13H2,(H2,22,24,25,26). The fourth-order valence-electron chi connectivity index (χ4n) is 4.29. The number of anilines is 2. The van der Waals surface area contributed by atoms with Crippen LogP contribution in [0.5, 0.6) is 0 Å². The number of fused-ring (bicyclic) bond motifs is 1. The maximum atomic E-state index is 11.9. The Hall–Kier alpha value is -2.91. The van der Waals surface area contributed by atoms with Crippen molar-refractivity contribution in [2.24, 2.45) is 0 Å². The zero-order chi connectivity index (χ0) is 21.2. The van der Waals surface area contributed by atoms with Crippen molar-refractivity contribution in [2.75, 3.05) is 43.4 Å². The van der Waals surface area contributed by atoms with Crippen LogP contribution < -0.4 is 10.6 Å². The summed E-state index contributed by atoms with van der Waals surface area (Å²) < 4.78 is 2.01. The van der Waals surface area contributed by atoms with Crippen LogP contribution in [-0.2, 0) is 16.1 Å². The third-order valence-electron chi connectivity index (χ3n) is 6.22. The molecule has 0 bridgehead atoms. The van der Waals surface area contributed by atoms with Crippen molar-refractivity contribution in [3.05, 3.63) is 6.33 Å². The first-order valence-electron chi connectivity index (χ1n) is 11.5. The van der Waals surface area contributed by atoms with E-state index < -0.39 is 0 Å². The van der Waals surface area contributed by atoms with Crippen molar-refractivity contribution in [3.63, 3.8) is 0 Å². The summed E-state index contributed by atoms with van der Waals surface area (Å²) in [5.41, 5.74) is 1.55. The predicted molar refractivity (Wildman–Crippen MR) is 117 cm³/mol. The highest BCUT2D eigenvalue weighted by Gasteiger charge is 2.25. The number of imidazole rings is 1. The Labute approximate surface area is 181 Å². The van der Waals surface area contributed by atoms with Gasteiger partial charge in [0.25, 0.3) is 0 Å². The van der Waals surface area contributed by atoms with Gasteiger partial charge >= 0.3 is 0 Å². The Morgan fingerprint density at radius 3 is 2.39 bits per heavy atom. The third kappa shape index (κ3) is 4.57. The van der Waals surface area contributed by atoms with Gasteiger partial charge in [-0.2, -0.15) is 9.97 Å². The average Bonchev–Trinajstić information content (AvgIpc) is 3.12. The number of hydrogen-bond acceptors (Lipinski definition) is 7. The largest absolute Gasteiger partial charge is 0.365 e. The van der Waals surface area contributed by atoms with E-state index in [-0.39, 0.29) is 11.8 Å². The minimum atomic E-state index is 0.231. The second kappa shape index (κ2) is 8.68. The highest BCUT2D eigenvalue weighted by atomic mass is 16.2. The second-order valence-corrected chi connectivity index (χ2v) is 8.67. The number of carbonyl (C=O) groups is 2. The van der Waals surface area contributed by atoms with Gasteiger partial charge in [0.05, 0.1) is 6.33 Å². The molecule has 2 aromatic rings. The zero-order valence-corrected chi connectivity index (χ0v) is 17.8. The maximum Gasteiger partial charge on any atom is 0.226 e. The van der Waals surface area contributed by atoms with Gasteiger partial charge in [-0.15, -0.1) is 0 Å². The molecule has 31 heavy (non-hydrogen) atoms. The van der Waals surface area contributed by atoms with Crippen molar-refractivity contribution in [2.45, 2.75) is 57.5 Å². The van der Waals surface area contributed by atoms with E-state index in [1.165, 1.54) is 0 Å².